The highest BCUT2D eigenvalue weighted by atomic mass is 19.1. The summed E-state index contributed by atoms with van der Waals surface area (Å²) in [5, 5.41) is 0. The molecule has 1 aromatic carbocycles. The lowest BCUT2D eigenvalue weighted by Crippen LogP contribution is -1.95. The molecule has 0 fully saturated rings. The highest BCUT2D eigenvalue weighted by Gasteiger charge is 2.07. The summed E-state index contributed by atoms with van der Waals surface area (Å²) >= 11 is 0. The molecule has 0 unspecified atom stereocenters. The first-order valence-corrected chi connectivity index (χ1v) is 4.35. The lowest BCUT2D eigenvalue weighted by Gasteiger charge is -2.05. The monoisotopic (exact) mass is 223 g/mol. The molecule has 6 heteroatoms. The van der Waals surface area contributed by atoms with E-state index in [1.54, 1.807) is 0 Å². The van der Waals surface area contributed by atoms with Crippen LogP contribution in [0, 0.1) is 11.6 Å². The van der Waals surface area contributed by atoms with Gasteiger partial charge in [-0.05, 0) is 12.1 Å². The van der Waals surface area contributed by atoms with E-state index >= 15 is 0 Å². The number of hydrogen-bond donors (Lipinski definition) is 1. The summed E-state index contributed by atoms with van der Waals surface area (Å²) in [7, 11) is 0. The van der Waals surface area contributed by atoms with Gasteiger partial charge in [-0.1, -0.05) is 0 Å². The Morgan fingerprint density at radius 1 is 1.12 bits per heavy atom. The van der Waals surface area contributed by atoms with Crippen LogP contribution < -0.4 is 10.5 Å². The number of nitrogens with two attached hydrogens (primary N) is 1. The summed E-state index contributed by atoms with van der Waals surface area (Å²) < 4.78 is 31.0. The molecule has 1 aromatic heterocycles. The molecule has 16 heavy (non-hydrogen) atoms. The van der Waals surface area contributed by atoms with Gasteiger partial charge in [0.2, 0.25) is 5.88 Å². The van der Waals surface area contributed by atoms with Crippen molar-refractivity contribution in [3.8, 4) is 11.6 Å². The molecule has 2 N–H and O–H groups in total. The predicted octanol–water partition coefficient (Wildman–Crippen LogP) is 2.13. The van der Waals surface area contributed by atoms with Gasteiger partial charge < -0.3 is 10.5 Å². The molecule has 0 aliphatic rings. The largest absolute Gasteiger partial charge is 0.436 e. The average Bonchev–Trinajstić information content (AvgIpc) is 2.24. The number of hydrogen-bond acceptors (Lipinski definition) is 4. The van der Waals surface area contributed by atoms with Crippen LogP contribution in [0.2, 0.25) is 0 Å². The van der Waals surface area contributed by atoms with Gasteiger partial charge in [-0.3, -0.25) is 0 Å². The fraction of sp³-hybridized carbons (Fsp3) is 0. The summed E-state index contributed by atoms with van der Waals surface area (Å²) in [6, 6.07) is 4.20. The zero-order valence-electron chi connectivity index (χ0n) is 8.02. The second-order valence-corrected chi connectivity index (χ2v) is 2.96. The number of nitrogen functional groups attached to an aromatic ring is 1. The van der Waals surface area contributed by atoms with Gasteiger partial charge in [-0.2, -0.15) is 0 Å². The third-order valence-electron chi connectivity index (χ3n) is 1.77. The van der Waals surface area contributed by atoms with Crippen molar-refractivity contribution in [1.29, 1.82) is 0 Å². The molecular formula is C10H7F2N3O. The summed E-state index contributed by atoms with van der Waals surface area (Å²) in [5.41, 5.74) is 5.38. The first-order chi connectivity index (χ1) is 7.65. The number of rotatable bonds is 2. The standard InChI is InChI=1S/C10H7F2N3O/c11-6-1-2-7(12)8(3-6)16-10-4-9(13)14-5-15-10/h1-5H,(H2,13,14,15). The molecular weight excluding hydrogens is 216 g/mol. The summed E-state index contributed by atoms with van der Waals surface area (Å²) in [6.45, 7) is 0. The first kappa shape index (κ1) is 10.3. The van der Waals surface area contributed by atoms with Crippen molar-refractivity contribution in [2.45, 2.75) is 0 Å². The second kappa shape index (κ2) is 4.09. The third-order valence-corrected chi connectivity index (χ3v) is 1.77. The molecule has 2 aromatic rings. The maximum absolute atomic E-state index is 13.2. The lowest BCUT2D eigenvalue weighted by atomic mass is 10.3. The Morgan fingerprint density at radius 2 is 1.94 bits per heavy atom. The van der Waals surface area contributed by atoms with Gasteiger partial charge in [0.15, 0.2) is 11.6 Å². The second-order valence-electron chi connectivity index (χ2n) is 2.96. The van der Waals surface area contributed by atoms with Gasteiger partial charge >= 0.3 is 0 Å². The minimum absolute atomic E-state index is 0.0528. The number of halogens is 2. The normalized spacial score (nSPS) is 10.1. The molecule has 2 rings (SSSR count). The summed E-state index contributed by atoms with van der Waals surface area (Å²) in [4.78, 5) is 7.34. The minimum Gasteiger partial charge on any atom is -0.436 e. The molecule has 0 aliphatic carbocycles. The molecule has 0 bridgehead atoms. The van der Waals surface area contributed by atoms with Crippen molar-refractivity contribution in [2.75, 3.05) is 5.73 Å². The highest BCUT2D eigenvalue weighted by Crippen LogP contribution is 2.23. The third kappa shape index (κ3) is 2.22. The van der Waals surface area contributed by atoms with Crippen molar-refractivity contribution in [2.24, 2.45) is 0 Å². The van der Waals surface area contributed by atoms with E-state index in [1.807, 2.05) is 0 Å². The van der Waals surface area contributed by atoms with E-state index in [0.717, 1.165) is 18.2 Å². The smallest absolute Gasteiger partial charge is 0.224 e. The fourth-order valence-electron chi connectivity index (χ4n) is 1.08. The van der Waals surface area contributed by atoms with Gasteiger partial charge in [0.05, 0.1) is 0 Å². The fourth-order valence-corrected chi connectivity index (χ4v) is 1.08. The quantitative estimate of drug-likeness (QED) is 0.847. The summed E-state index contributed by atoms with van der Waals surface area (Å²) in [5.74, 6) is -1.30. The molecule has 0 saturated carbocycles. The van der Waals surface area contributed by atoms with Crippen molar-refractivity contribution >= 4 is 5.82 Å². The molecule has 0 saturated heterocycles. The van der Waals surface area contributed by atoms with Crippen LogP contribution in [-0.2, 0) is 0 Å². The van der Waals surface area contributed by atoms with Gasteiger partial charge in [-0.25, -0.2) is 18.7 Å². The minimum atomic E-state index is -0.682. The van der Waals surface area contributed by atoms with Crippen LogP contribution in [0.1, 0.15) is 0 Å². The Bertz CT molecular complexity index is 519. The van der Waals surface area contributed by atoms with Crippen molar-refractivity contribution in [1.82, 2.24) is 9.97 Å². The zero-order chi connectivity index (χ0) is 11.5. The maximum Gasteiger partial charge on any atom is 0.224 e. The molecule has 82 valence electrons. The maximum atomic E-state index is 13.2. The van der Waals surface area contributed by atoms with E-state index in [0.29, 0.717) is 0 Å². The van der Waals surface area contributed by atoms with E-state index in [1.165, 1.54) is 12.4 Å². The van der Waals surface area contributed by atoms with Crippen LogP contribution in [0.15, 0.2) is 30.6 Å². The predicted molar refractivity (Wildman–Crippen MR) is 52.9 cm³/mol. The Kier molecular flexibility index (Phi) is 2.63. The number of nitrogens with zero attached hydrogens (tertiary/aromatic N) is 2. The van der Waals surface area contributed by atoms with E-state index in [9.17, 15) is 8.78 Å². The van der Waals surface area contributed by atoms with E-state index in [2.05, 4.69) is 9.97 Å². The molecule has 0 amide bonds. The Morgan fingerprint density at radius 3 is 2.69 bits per heavy atom. The number of ether oxygens (including phenoxy) is 1. The number of anilines is 1. The van der Waals surface area contributed by atoms with Gasteiger partial charge in [-0.15, -0.1) is 0 Å². The zero-order valence-corrected chi connectivity index (χ0v) is 8.02. The van der Waals surface area contributed by atoms with Gasteiger partial charge in [0.25, 0.3) is 0 Å². The molecule has 0 spiro atoms. The highest BCUT2D eigenvalue weighted by molar-refractivity contribution is 5.34. The van der Waals surface area contributed by atoms with Crippen LogP contribution >= 0.6 is 0 Å². The van der Waals surface area contributed by atoms with Crippen LogP contribution in [-0.4, -0.2) is 9.97 Å². The van der Waals surface area contributed by atoms with Crippen LogP contribution in [0.5, 0.6) is 11.6 Å². The number of benzene rings is 1. The molecule has 0 aliphatic heterocycles. The molecule has 0 atom stereocenters. The Labute approximate surface area is 89.7 Å². The Hall–Kier alpha value is -2.24. The molecule has 1 heterocycles. The SMILES string of the molecule is Nc1cc(Oc2cc(F)ccc2F)ncn1. The van der Waals surface area contributed by atoms with Crippen molar-refractivity contribution < 1.29 is 13.5 Å². The number of aromatic nitrogens is 2. The lowest BCUT2D eigenvalue weighted by molar-refractivity contribution is 0.422. The average molecular weight is 223 g/mol. The van der Waals surface area contributed by atoms with E-state index in [4.69, 9.17) is 10.5 Å². The Balaban J connectivity index is 2.30. The van der Waals surface area contributed by atoms with E-state index in [-0.39, 0.29) is 17.4 Å². The van der Waals surface area contributed by atoms with Crippen LogP contribution in [0.25, 0.3) is 0 Å². The van der Waals surface area contributed by atoms with E-state index < -0.39 is 11.6 Å². The first-order valence-electron chi connectivity index (χ1n) is 4.35. The topological polar surface area (TPSA) is 61.0 Å². The summed E-state index contributed by atoms with van der Waals surface area (Å²) in [6.07, 6.45) is 1.17. The van der Waals surface area contributed by atoms with Crippen molar-refractivity contribution in [3.63, 3.8) is 0 Å². The molecule has 4 nitrogen and oxygen atoms in total. The van der Waals surface area contributed by atoms with Crippen LogP contribution in [0.3, 0.4) is 0 Å². The van der Waals surface area contributed by atoms with Gasteiger partial charge in [0, 0.05) is 12.1 Å². The van der Waals surface area contributed by atoms with Gasteiger partial charge in [0.1, 0.15) is 18.0 Å². The van der Waals surface area contributed by atoms with Crippen LogP contribution in [0.4, 0.5) is 14.6 Å². The van der Waals surface area contributed by atoms with Crippen molar-refractivity contribution in [3.05, 3.63) is 42.2 Å². The molecule has 0 radical (unpaired) electrons.